The fourth-order valence-corrected chi connectivity index (χ4v) is 2.68. The van der Waals surface area contributed by atoms with Gasteiger partial charge in [-0.15, -0.1) is 11.8 Å². The fraction of sp³-hybridized carbons (Fsp3) is 0.294. The summed E-state index contributed by atoms with van der Waals surface area (Å²) in [4.78, 5) is 34.7. The summed E-state index contributed by atoms with van der Waals surface area (Å²) in [5.74, 6) is -1.05. The molecular formula is C17H19N3O5S. The molecular weight excluding hydrogens is 358 g/mol. The Bertz CT molecular complexity index is 805. The number of rotatable bonds is 8. The predicted molar refractivity (Wildman–Crippen MR) is 98.3 cm³/mol. The zero-order valence-corrected chi connectivity index (χ0v) is 15.1. The van der Waals surface area contributed by atoms with E-state index in [1.807, 2.05) is 0 Å². The van der Waals surface area contributed by atoms with E-state index in [2.05, 4.69) is 15.8 Å². The van der Waals surface area contributed by atoms with Crippen LogP contribution in [0, 0.1) is 6.92 Å². The molecule has 8 nitrogen and oxygen atoms in total. The number of nitrogens with one attached hydrogen (secondary N) is 2. The number of hydrogen-bond donors (Lipinski definition) is 3. The third-order valence-corrected chi connectivity index (χ3v) is 4.34. The molecule has 0 fully saturated rings. The van der Waals surface area contributed by atoms with Gasteiger partial charge in [-0.3, -0.25) is 14.4 Å². The van der Waals surface area contributed by atoms with Gasteiger partial charge in [-0.25, -0.2) is 0 Å². The quantitative estimate of drug-likeness (QED) is 0.646. The van der Waals surface area contributed by atoms with E-state index in [1.165, 1.54) is 0 Å². The minimum atomic E-state index is -0.933. The number of amides is 2. The van der Waals surface area contributed by atoms with Crippen molar-refractivity contribution in [3.63, 3.8) is 0 Å². The van der Waals surface area contributed by atoms with E-state index < -0.39 is 11.9 Å². The lowest BCUT2D eigenvalue weighted by Crippen LogP contribution is -2.18. The van der Waals surface area contributed by atoms with Gasteiger partial charge in [-0.2, -0.15) is 0 Å². The summed E-state index contributed by atoms with van der Waals surface area (Å²) in [7, 11) is 0. The lowest BCUT2D eigenvalue weighted by molar-refractivity contribution is -0.138. The van der Waals surface area contributed by atoms with Crippen molar-refractivity contribution in [2.24, 2.45) is 0 Å². The molecule has 1 aromatic carbocycles. The molecule has 2 aromatic rings. The molecule has 0 saturated carbocycles. The molecule has 1 atom stereocenters. The number of hydrogen-bond acceptors (Lipinski definition) is 6. The van der Waals surface area contributed by atoms with Crippen LogP contribution in [0.5, 0.6) is 0 Å². The van der Waals surface area contributed by atoms with Crippen molar-refractivity contribution >= 4 is 41.1 Å². The Kier molecular flexibility index (Phi) is 6.79. The minimum absolute atomic E-state index is 0.0873. The Hall–Kier alpha value is -2.81. The van der Waals surface area contributed by atoms with Crippen LogP contribution < -0.4 is 10.6 Å². The van der Waals surface area contributed by atoms with Gasteiger partial charge in [0.2, 0.25) is 11.8 Å². The Balaban J connectivity index is 1.77. The number of anilines is 2. The number of benzene rings is 1. The second kappa shape index (κ2) is 9.04. The average molecular weight is 377 g/mol. The van der Waals surface area contributed by atoms with Crippen LogP contribution in [0.3, 0.4) is 0 Å². The Morgan fingerprint density at radius 2 is 1.88 bits per heavy atom. The normalized spacial score (nSPS) is 11.6. The molecule has 9 heteroatoms. The second-order valence-corrected chi connectivity index (χ2v) is 6.58. The summed E-state index contributed by atoms with van der Waals surface area (Å²) < 4.78 is 4.84. The zero-order chi connectivity index (χ0) is 19.1. The second-order valence-electron chi connectivity index (χ2n) is 5.60. The fourth-order valence-electron chi connectivity index (χ4n) is 2.07. The predicted octanol–water partition coefficient (Wildman–Crippen LogP) is 2.48. The van der Waals surface area contributed by atoms with Crippen LogP contribution in [0.1, 0.15) is 24.2 Å². The molecule has 0 radical (unpaired) electrons. The highest BCUT2D eigenvalue weighted by molar-refractivity contribution is 8.00. The average Bonchev–Trinajstić information content (AvgIpc) is 2.99. The van der Waals surface area contributed by atoms with Crippen LogP contribution in [0.15, 0.2) is 34.9 Å². The van der Waals surface area contributed by atoms with Crippen LogP contribution in [0.4, 0.5) is 11.5 Å². The van der Waals surface area contributed by atoms with Crippen LogP contribution >= 0.6 is 11.8 Å². The Morgan fingerprint density at radius 3 is 2.50 bits per heavy atom. The standard InChI is InChI=1S/C17H19N3O5S/c1-10-6-14(20-25-10)19-16(22)9-26-8-15(21)18-13-5-3-4-12(7-13)11(2)17(23)24/h3-7,11H,8-9H2,1-2H3,(H,18,21)(H,23,24)(H,19,20,22). The molecule has 2 amide bonds. The molecule has 0 bridgehead atoms. The SMILES string of the molecule is Cc1cc(NC(=O)CSCC(=O)Nc2cccc(C(C)C(=O)O)c2)no1. The maximum Gasteiger partial charge on any atom is 0.310 e. The van der Waals surface area contributed by atoms with E-state index in [0.717, 1.165) is 11.8 Å². The van der Waals surface area contributed by atoms with Crippen molar-refractivity contribution in [1.82, 2.24) is 5.16 Å². The van der Waals surface area contributed by atoms with E-state index in [-0.39, 0.29) is 23.3 Å². The van der Waals surface area contributed by atoms with Gasteiger partial charge in [-0.05, 0) is 31.5 Å². The highest BCUT2D eigenvalue weighted by Crippen LogP contribution is 2.19. The number of aryl methyl sites for hydroxylation is 1. The first kappa shape index (κ1) is 19.5. The van der Waals surface area contributed by atoms with E-state index in [4.69, 9.17) is 9.63 Å². The first-order chi connectivity index (χ1) is 12.3. The van der Waals surface area contributed by atoms with Gasteiger partial charge in [0.25, 0.3) is 0 Å². The largest absolute Gasteiger partial charge is 0.481 e. The maximum absolute atomic E-state index is 12.0. The van der Waals surface area contributed by atoms with Crippen LogP contribution in [0.25, 0.3) is 0 Å². The number of carboxylic acids is 1. The smallest absolute Gasteiger partial charge is 0.310 e. The van der Waals surface area contributed by atoms with Gasteiger partial charge in [0.15, 0.2) is 5.82 Å². The van der Waals surface area contributed by atoms with Crippen molar-refractivity contribution in [2.45, 2.75) is 19.8 Å². The molecule has 3 N–H and O–H groups in total. The van der Waals surface area contributed by atoms with Crippen molar-refractivity contribution < 1.29 is 24.0 Å². The van der Waals surface area contributed by atoms with Crippen LogP contribution in [-0.4, -0.2) is 39.6 Å². The topological polar surface area (TPSA) is 122 Å². The number of carbonyl (C=O) groups excluding carboxylic acids is 2. The molecule has 1 heterocycles. The van der Waals surface area contributed by atoms with E-state index in [9.17, 15) is 14.4 Å². The van der Waals surface area contributed by atoms with Gasteiger partial charge in [-0.1, -0.05) is 17.3 Å². The highest BCUT2D eigenvalue weighted by atomic mass is 32.2. The molecule has 2 rings (SSSR count). The minimum Gasteiger partial charge on any atom is -0.481 e. The number of nitrogens with zero attached hydrogens (tertiary/aromatic N) is 1. The third-order valence-electron chi connectivity index (χ3n) is 3.40. The van der Waals surface area contributed by atoms with E-state index in [1.54, 1.807) is 44.2 Å². The molecule has 0 spiro atoms. The molecule has 0 aliphatic heterocycles. The van der Waals surface area contributed by atoms with Gasteiger partial charge >= 0.3 is 5.97 Å². The lowest BCUT2D eigenvalue weighted by Gasteiger charge is -2.10. The van der Waals surface area contributed by atoms with Gasteiger partial charge in [0.1, 0.15) is 5.76 Å². The first-order valence-corrected chi connectivity index (χ1v) is 8.94. The molecule has 0 aliphatic carbocycles. The van der Waals surface area contributed by atoms with E-state index >= 15 is 0 Å². The van der Waals surface area contributed by atoms with Crippen molar-refractivity contribution in [2.75, 3.05) is 22.1 Å². The van der Waals surface area contributed by atoms with Gasteiger partial charge in [0, 0.05) is 11.8 Å². The number of carbonyl (C=O) groups is 3. The van der Waals surface area contributed by atoms with Crippen LogP contribution in [-0.2, 0) is 14.4 Å². The summed E-state index contributed by atoms with van der Waals surface area (Å²) >= 11 is 1.15. The highest BCUT2D eigenvalue weighted by Gasteiger charge is 2.14. The van der Waals surface area contributed by atoms with Crippen LogP contribution in [0.2, 0.25) is 0 Å². The van der Waals surface area contributed by atoms with E-state index in [0.29, 0.717) is 22.8 Å². The lowest BCUT2D eigenvalue weighted by atomic mass is 10.0. The summed E-state index contributed by atoms with van der Waals surface area (Å²) in [6, 6.07) is 8.28. The van der Waals surface area contributed by atoms with Crippen molar-refractivity contribution in [1.29, 1.82) is 0 Å². The maximum atomic E-state index is 12.0. The summed E-state index contributed by atoms with van der Waals surface area (Å²) in [6.07, 6.45) is 0. The van der Waals surface area contributed by atoms with Crippen molar-refractivity contribution in [3.05, 3.63) is 41.7 Å². The first-order valence-electron chi connectivity index (χ1n) is 7.78. The summed E-state index contributed by atoms with van der Waals surface area (Å²) in [5.41, 5.74) is 1.12. The van der Waals surface area contributed by atoms with Gasteiger partial charge < -0.3 is 20.3 Å². The molecule has 1 aromatic heterocycles. The number of carboxylic acid groups (broad SMARTS) is 1. The monoisotopic (exact) mass is 377 g/mol. The van der Waals surface area contributed by atoms with Crippen molar-refractivity contribution in [3.8, 4) is 0 Å². The summed E-state index contributed by atoms with van der Waals surface area (Å²) in [5, 5.41) is 18.0. The molecule has 0 aliphatic rings. The number of aromatic nitrogens is 1. The summed E-state index contributed by atoms with van der Waals surface area (Å²) in [6.45, 7) is 3.29. The number of thioether (sulfide) groups is 1. The zero-order valence-electron chi connectivity index (χ0n) is 14.3. The molecule has 138 valence electrons. The molecule has 0 saturated heterocycles. The van der Waals surface area contributed by atoms with Gasteiger partial charge in [0.05, 0.1) is 17.4 Å². The Morgan fingerprint density at radius 1 is 1.19 bits per heavy atom. The molecule has 1 unspecified atom stereocenters. The Labute approximate surface area is 154 Å². The third kappa shape index (κ3) is 5.92. The molecule has 26 heavy (non-hydrogen) atoms. The number of aliphatic carboxylic acids is 1.